The van der Waals surface area contributed by atoms with E-state index in [1.807, 2.05) is 36.1 Å². The van der Waals surface area contributed by atoms with Gasteiger partial charge in [-0.05, 0) is 43.2 Å². The van der Waals surface area contributed by atoms with E-state index < -0.39 is 0 Å². The maximum atomic E-state index is 13.2. The number of nitrogens with zero attached hydrogens (tertiary/aromatic N) is 3. The minimum absolute atomic E-state index is 0.0401. The number of morpholine rings is 1. The molecule has 5 nitrogen and oxygen atoms in total. The van der Waals surface area contributed by atoms with Crippen molar-refractivity contribution in [1.29, 1.82) is 0 Å². The van der Waals surface area contributed by atoms with Crippen molar-refractivity contribution in [2.45, 2.75) is 19.8 Å². The fourth-order valence-electron chi connectivity index (χ4n) is 3.50. The molecule has 1 fully saturated rings. The van der Waals surface area contributed by atoms with Crippen LogP contribution in [-0.2, 0) is 16.0 Å². The van der Waals surface area contributed by atoms with Gasteiger partial charge in [-0.15, -0.1) is 11.3 Å². The summed E-state index contributed by atoms with van der Waals surface area (Å²) in [7, 11) is 0. The van der Waals surface area contributed by atoms with Crippen molar-refractivity contribution < 1.29 is 9.53 Å². The van der Waals surface area contributed by atoms with Crippen LogP contribution in [0.1, 0.15) is 16.9 Å². The number of amides is 1. The normalized spacial score (nSPS) is 15.0. The topological polar surface area (TPSA) is 45.7 Å². The summed E-state index contributed by atoms with van der Waals surface area (Å²) >= 11 is 15.3. The van der Waals surface area contributed by atoms with Crippen molar-refractivity contribution in [2.24, 2.45) is 0 Å². The molecule has 1 aliphatic heterocycles. The minimum Gasteiger partial charge on any atom is -0.379 e. The average molecular weight is 484 g/mol. The number of thiazole rings is 1. The van der Waals surface area contributed by atoms with E-state index in [2.05, 4.69) is 4.90 Å². The number of benzene rings is 1. The number of aryl methyl sites for hydroxylation is 1. The zero-order valence-corrected chi connectivity index (χ0v) is 19.8. The summed E-state index contributed by atoms with van der Waals surface area (Å²) in [5.74, 6) is 0.0401. The quantitative estimate of drug-likeness (QED) is 0.458. The van der Waals surface area contributed by atoms with Gasteiger partial charge in [0.1, 0.15) is 0 Å². The molecule has 0 aliphatic carbocycles. The van der Waals surface area contributed by atoms with Gasteiger partial charge in [-0.3, -0.25) is 14.6 Å². The van der Waals surface area contributed by atoms with Crippen LogP contribution in [0.15, 0.2) is 24.3 Å². The molecule has 0 saturated carbocycles. The fraction of sp³-hybridized carbons (Fsp3) is 0.429. The van der Waals surface area contributed by atoms with E-state index in [4.69, 9.17) is 32.9 Å². The second kappa shape index (κ2) is 9.94. The molecule has 0 atom stereocenters. The minimum atomic E-state index is 0.0401. The standard InChI is InChI=1S/C21H23Cl2N3O2S2/c1-14-16(22)4-5-17-20(14)24-21(30-17)26(8-2-7-25-9-11-28-12-10-25)19(27)13-15-3-6-18(23)29-15/h3-6H,2,7-13H2,1H3. The Balaban J connectivity index is 1.54. The number of fused-ring (bicyclic) bond motifs is 1. The van der Waals surface area contributed by atoms with Gasteiger partial charge in [0.15, 0.2) is 5.13 Å². The molecule has 1 aromatic carbocycles. The van der Waals surface area contributed by atoms with Gasteiger partial charge in [0, 0.05) is 36.1 Å². The second-order valence-electron chi connectivity index (χ2n) is 7.25. The Labute approximate surface area is 194 Å². The fourth-order valence-corrected chi connectivity index (χ4v) is 5.80. The smallest absolute Gasteiger partial charge is 0.234 e. The van der Waals surface area contributed by atoms with Gasteiger partial charge < -0.3 is 4.74 Å². The van der Waals surface area contributed by atoms with Gasteiger partial charge in [0.2, 0.25) is 5.91 Å². The highest BCUT2D eigenvalue weighted by atomic mass is 35.5. The van der Waals surface area contributed by atoms with Crippen LogP contribution in [0.3, 0.4) is 0 Å². The molecular formula is C21H23Cl2N3O2S2. The first kappa shape index (κ1) is 22.0. The van der Waals surface area contributed by atoms with Crippen LogP contribution in [0.2, 0.25) is 9.36 Å². The highest BCUT2D eigenvalue weighted by molar-refractivity contribution is 7.22. The first-order valence-electron chi connectivity index (χ1n) is 9.91. The van der Waals surface area contributed by atoms with Crippen molar-refractivity contribution in [3.05, 3.63) is 44.1 Å². The summed E-state index contributed by atoms with van der Waals surface area (Å²) in [4.78, 5) is 23.2. The largest absolute Gasteiger partial charge is 0.379 e. The third-order valence-corrected chi connectivity index (χ3v) is 7.87. The summed E-state index contributed by atoms with van der Waals surface area (Å²) < 4.78 is 7.16. The van der Waals surface area contributed by atoms with E-state index >= 15 is 0 Å². The third kappa shape index (κ3) is 5.15. The predicted molar refractivity (Wildman–Crippen MR) is 127 cm³/mol. The Morgan fingerprint density at radius 1 is 1.20 bits per heavy atom. The molecule has 9 heteroatoms. The van der Waals surface area contributed by atoms with Crippen molar-refractivity contribution in [1.82, 2.24) is 9.88 Å². The molecule has 0 spiro atoms. The van der Waals surface area contributed by atoms with E-state index in [9.17, 15) is 4.79 Å². The van der Waals surface area contributed by atoms with Crippen molar-refractivity contribution in [2.75, 3.05) is 44.3 Å². The molecule has 3 heterocycles. The number of thiophene rings is 1. The third-order valence-electron chi connectivity index (χ3n) is 5.18. The lowest BCUT2D eigenvalue weighted by atomic mass is 10.2. The number of hydrogen-bond donors (Lipinski definition) is 0. The van der Waals surface area contributed by atoms with E-state index in [1.54, 1.807) is 0 Å². The highest BCUT2D eigenvalue weighted by Crippen LogP contribution is 2.34. The van der Waals surface area contributed by atoms with Crippen LogP contribution >= 0.6 is 45.9 Å². The molecule has 4 rings (SSSR count). The summed E-state index contributed by atoms with van der Waals surface area (Å²) in [5.41, 5.74) is 1.81. The zero-order chi connectivity index (χ0) is 21.1. The molecule has 0 bridgehead atoms. The van der Waals surface area contributed by atoms with Crippen LogP contribution < -0.4 is 4.90 Å². The van der Waals surface area contributed by atoms with Crippen molar-refractivity contribution in [3.8, 4) is 0 Å². The first-order valence-corrected chi connectivity index (χ1v) is 12.3. The number of rotatable bonds is 7. The van der Waals surface area contributed by atoms with Gasteiger partial charge in [-0.2, -0.15) is 0 Å². The Hall–Kier alpha value is -1.22. The Morgan fingerprint density at radius 3 is 2.73 bits per heavy atom. The van der Waals surface area contributed by atoms with E-state index in [0.717, 1.165) is 65.1 Å². The molecule has 0 radical (unpaired) electrons. The summed E-state index contributed by atoms with van der Waals surface area (Å²) in [5, 5.41) is 1.42. The first-order chi connectivity index (χ1) is 14.5. The Bertz CT molecular complexity index is 1030. The molecule has 3 aromatic rings. The maximum absolute atomic E-state index is 13.2. The monoisotopic (exact) mass is 483 g/mol. The molecule has 30 heavy (non-hydrogen) atoms. The lowest BCUT2D eigenvalue weighted by molar-refractivity contribution is -0.118. The Kier molecular flexibility index (Phi) is 7.28. The number of aromatic nitrogens is 1. The number of halogens is 2. The van der Waals surface area contributed by atoms with Gasteiger partial charge in [-0.1, -0.05) is 34.5 Å². The zero-order valence-electron chi connectivity index (χ0n) is 16.7. The van der Waals surface area contributed by atoms with Gasteiger partial charge in [0.05, 0.1) is 34.2 Å². The average Bonchev–Trinajstić information content (AvgIpc) is 3.35. The van der Waals surface area contributed by atoms with Crippen LogP contribution in [0.4, 0.5) is 5.13 Å². The van der Waals surface area contributed by atoms with Crippen molar-refractivity contribution in [3.63, 3.8) is 0 Å². The van der Waals surface area contributed by atoms with E-state index in [-0.39, 0.29) is 5.91 Å². The predicted octanol–water partition coefficient (Wildman–Crippen LogP) is 5.27. The SMILES string of the molecule is Cc1c(Cl)ccc2sc(N(CCCN3CCOCC3)C(=O)Cc3ccc(Cl)s3)nc12. The summed E-state index contributed by atoms with van der Waals surface area (Å²) in [6.45, 7) is 6.97. The number of carbonyl (C=O) groups excluding carboxylic acids is 1. The number of carbonyl (C=O) groups is 1. The van der Waals surface area contributed by atoms with E-state index in [0.29, 0.717) is 22.3 Å². The summed E-state index contributed by atoms with van der Waals surface area (Å²) in [6.07, 6.45) is 1.21. The molecule has 1 amide bonds. The maximum Gasteiger partial charge on any atom is 0.234 e. The molecular weight excluding hydrogens is 461 g/mol. The highest BCUT2D eigenvalue weighted by Gasteiger charge is 2.22. The van der Waals surface area contributed by atoms with E-state index in [1.165, 1.54) is 22.7 Å². The molecule has 1 aliphatic rings. The van der Waals surface area contributed by atoms with Crippen LogP contribution in [-0.4, -0.2) is 55.2 Å². The second-order valence-corrected chi connectivity index (χ2v) is 10.5. The summed E-state index contributed by atoms with van der Waals surface area (Å²) in [6, 6.07) is 7.61. The molecule has 2 aromatic heterocycles. The lowest BCUT2D eigenvalue weighted by Gasteiger charge is -2.27. The molecule has 1 saturated heterocycles. The van der Waals surface area contributed by atoms with Crippen LogP contribution in [0, 0.1) is 6.92 Å². The number of hydrogen-bond acceptors (Lipinski definition) is 6. The van der Waals surface area contributed by atoms with Gasteiger partial charge >= 0.3 is 0 Å². The molecule has 160 valence electrons. The van der Waals surface area contributed by atoms with Gasteiger partial charge in [0.25, 0.3) is 0 Å². The van der Waals surface area contributed by atoms with Crippen molar-refractivity contribution >= 4 is 67.1 Å². The Morgan fingerprint density at radius 2 is 2.00 bits per heavy atom. The molecule has 0 N–H and O–H groups in total. The molecule has 0 unspecified atom stereocenters. The van der Waals surface area contributed by atoms with Crippen LogP contribution in [0.25, 0.3) is 10.2 Å². The lowest BCUT2D eigenvalue weighted by Crippen LogP contribution is -2.39. The van der Waals surface area contributed by atoms with Crippen LogP contribution in [0.5, 0.6) is 0 Å². The van der Waals surface area contributed by atoms with Gasteiger partial charge in [-0.25, -0.2) is 4.98 Å². The number of anilines is 1. The number of ether oxygens (including phenoxy) is 1.